The molecule has 0 aliphatic heterocycles. The standard InChI is InChI=1S/C15H20N2/c1-11-14(15(7-8-15)9-10-16)12-5-3-4-6-13(12)17(11)2/h3-6H,7-10,16H2,1-2H3. The molecule has 0 saturated heterocycles. The maximum atomic E-state index is 5.79. The van der Waals surface area contributed by atoms with E-state index in [-0.39, 0.29) is 0 Å². The van der Waals surface area contributed by atoms with Gasteiger partial charge in [0.05, 0.1) is 0 Å². The first-order valence-electron chi connectivity index (χ1n) is 6.44. The largest absolute Gasteiger partial charge is 0.348 e. The number of nitrogens with two attached hydrogens (primary N) is 1. The summed E-state index contributed by atoms with van der Waals surface area (Å²) in [6, 6.07) is 8.73. The van der Waals surface area contributed by atoms with Crippen molar-refractivity contribution in [3.05, 3.63) is 35.5 Å². The first-order valence-corrected chi connectivity index (χ1v) is 6.44. The van der Waals surface area contributed by atoms with E-state index in [0.29, 0.717) is 5.41 Å². The molecule has 1 fully saturated rings. The molecular weight excluding hydrogens is 208 g/mol. The molecule has 2 nitrogen and oxygen atoms in total. The summed E-state index contributed by atoms with van der Waals surface area (Å²) in [4.78, 5) is 0. The van der Waals surface area contributed by atoms with Gasteiger partial charge in [-0.15, -0.1) is 0 Å². The van der Waals surface area contributed by atoms with Crippen molar-refractivity contribution in [2.75, 3.05) is 6.54 Å². The molecule has 1 aromatic carbocycles. The Balaban J connectivity index is 2.26. The van der Waals surface area contributed by atoms with E-state index in [4.69, 9.17) is 5.73 Å². The molecule has 90 valence electrons. The van der Waals surface area contributed by atoms with Crippen LogP contribution in [0.25, 0.3) is 10.9 Å². The van der Waals surface area contributed by atoms with Crippen LogP contribution in [0.3, 0.4) is 0 Å². The van der Waals surface area contributed by atoms with Crippen LogP contribution in [-0.2, 0) is 12.5 Å². The Bertz CT molecular complexity index is 562. The predicted molar refractivity (Wildman–Crippen MR) is 72.2 cm³/mol. The molecule has 1 aliphatic carbocycles. The summed E-state index contributed by atoms with van der Waals surface area (Å²) in [5.74, 6) is 0. The smallest absolute Gasteiger partial charge is 0.0482 e. The Hall–Kier alpha value is -1.28. The van der Waals surface area contributed by atoms with Crippen molar-refractivity contribution in [3.8, 4) is 0 Å². The summed E-state index contributed by atoms with van der Waals surface area (Å²) in [6.07, 6.45) is 3.74. The molecule has 1 aromatic heterocycles. The van der Waals surface area contributed by atoms with E-state index in [9.17, 15) is 0 Å². The van der Waals surface area contributed by atoms with E-state index in [1.165, 1.54) is 29.4 Å². The van der Waals surface area contributed by atoms with Crippen LogP contribution < -0.4 is 5.73 Å². The Morgan fingerprint density at radius 1 is 1.29 bits per heavy atom. The van der Waals surface area contributed by atoms with Gasteiger partial charge >= 0.3 is 0 Å². The molecule has 2 N–H and O–H groups in total. The van der Waals surface area contributed by atoms with Crippen molar-refractivity contribution in [1.82, 2.24) is 4.57 Å². The quantitative estimate of drug-likeness (QED) is 0.860. The van der Waals surface area contributed by atoms with E-state index >= 15 is 0 Å². The zero-order valence-electron chi connectivity index (χ0n) is 10.7. The van der Waals surface area contributed by atoms with Gasteiger partial charge in [-0.1, -0.05) is 18.2 Å². The van der Waals surface area contributed by atoms with Crippen molar-refractivity contribution < 1.29 is 0 Å². The number of rotatable bonds is 3. The van der Waals surface area contributed by atoms with Crippen LogP contribution in [0.2, 0.25) is 0 Å². The van der Waals surface area contributed by atoms with E-state index in [0.717, 1.165) is 13.0 Å². The fourth-order valence-corrected chi connectivity index (χ4v) is 3.24. The molecule has 3 rings (SSSR count). The van der Waals surface area contributed by atoms with E-state index in [1.807, 2.05) is 0 Å². The first kappa shape index (κ1) is 10.8. The minimum Gasteiger partial charge on any atom is -0.348 e. The summed E-state index contributed by atoms with van der Waals surface area (Å²) in [6.45, 7) is 3.04. The highest BCUT2D eigenvalue weighted by atomic mass is 14.9. The van der Waals surface area contributed by atoms with E-state index < -0.39 is 0 Å². The number of fused-ring (bicyclic) bond motifs is 1. The van der Waals surface area contributed by atoms with Gasteiger partial charge in [-0.3, -0.25) is 0 Å². The summed E-state index contributed by atoms with van der Waals surface area (Å²) in [5.41, 5.74) is 10.5. The van der Waals surface area contributed by atoms with Gasteiger partial charge in [-0.25, -0.2) is 0 Å². The molecule has 0 bridgehead atoms. The minimum atomic E-state index is 0.389. The average Bonchev–Trinajstić information content (AvgIpc) is 3.05. The lowest BCUT2D eigenvalue weighted by molar-refractivity contribution is 0.626. The fraction of sp³-hybridized carbons (Fsp3) is 0.467. The summed E-state index contributed by atoms with van der Waals surface area (Å²) in [5, 5.41) is 1.43. The predicted octanol–water partition coefficient (Wildman–Crippen LogP) is 2.87. The van der Waals surface area contributed by atoms with Gasteiger partial charge in [-0.2, -0.15) is 0 Å². The Morgan fingerprint density at radius 3 is 2.65 bits per heavy atom. The fourth-order valence-electron chi connectivity index (χ4n) is 3.24. The second-order valence-corrected chi connectivity index (χ2v) is 5.36. The molecule has 0 amide bonds. The van der Waals surface area contributed by atoms with Crippen LogP contribution in [0.5, 0.6) is 0 Å². The topological polar surface area (TPSA) is 30.9 Å². The van der Waals surface area contributed by atoms with Gasteiger partial charge in [0.25, 0.3) is 0 Å². The maximum absolute atomic E-state index is 5.79. The number of para-hydroxylation sites is 1. The van der Waals surface area contributed by atoms with Gasteiger partial charge in [-0.05, 0) is 49.8 Å². The Kier molecular flexibility index (Phi) is 2.30. The molecular formula is C15H20N2. The molecule has 0 spiro atoms. The van der Waals surface area contributed by atoms with Crippen molar-refractivity contribution in [2.24, 2.45) is 12.8 Å². The SMILES string of the molecule is Cc1c(C2(CCN)CC2)c2ccccc2n1C. The summed E-state index contributed by atoms with van der Waals surface area (Å²) in [7, 11) is 2.17. The van der Waals surface area contributed by atoms with Crippen LogP contribution in [0.4, 0.5) is 0 Å². The normalized spacial score (nSPS) is 17.6. The first-order chi connectivity index (χ1) is 8.19. The third kappa shape index (κ3) is 1.44. The Morgan fingerprint density at radius 2 is 2.00 bits per heavy atom. The van der Waals surface area contributed by atoms with Gasteiger partial charge in [0, 0.05) is 23.6 Å². The van der Waals surface area contributed by atoms with E-state index in [2.05, 4.69) is 42.8 Å². The molecule has 2 heteroatoms. The lowest BCUT2D eigenvalue weighted by atomic mass is 9.90. The van der Waals surface area contributed by atoms with Crippen LogP contribution >= 0.6 is 0 Å². The molecule has 1 aliphatic rings. The maximum Gasteiger partial charge on any atom is 0.0482 e. The van der Waals surface area contributed by atoms with Crippen LogP contribution in [0.1, 0.15) is 30.5 Å². The Labute approximate surface area is 102 Å². The van der Waals surface area contributed by atoms with Crippen molar-refractivity contribution in [3.63, 3.8) is 0 Å². The molecule has 1 saturated carbocycles. The van der Waals surface area contributed by atoms with Crippen LogP contribution in [0.15, 0.2) is 24.3 Å². The third-order valence-corrected chi connectivity index (χ3v) is 4.41. The minimum absolute atomic E-state index is 0.389. The molecule has 0 radical (unpaired) electrons. The van der Waals surface area contributed by atoms with Crippen molar-refractivity contribution in [1.29, 1.82) is 0 Å². The average molecular weight is 228 g/mol. The highest BCUT2D eigenvalue weighted by Crippen LogP contribution is 2.54. The number of aromatic nitrogens is 1. The zero-order valence-corrected chi connectivity index (χ0v) is 10.7. The van der Waals surface area contributed by atoms with Gasteiger partial charge in [0.2, 0.25) is 0 Å². The monoisotopic (exact) mass is 228 g/mol. The molecule has 17 heavy (non-hydrogen) atoms. The number of hydrogen-bond acceptors (Lipinski definition) is 1. The summed E-state index contributed by atoms with van der Waals surface area (Å²) >= 11 is 0. The highest BCUT2D eigenvalue weighted by molar-refractivity contribution is 5.87. The van der Waals surface area contributed by atoms with Crippen molar-refractivity contribution >= 4 is 10.9 Å². The number of aryl methyl sites for hydroxylation is 1. The van der Waals surface area contributed by atoms with Crippen LogP contribution in [-0.4, -0.2) is 11.1 Å². The van der Waals surface area contributed by atoms with Gasteiger partial charge in [0.15, 0.2) is 0 Å². The second-order valence-electron chi connectivity index (χ2n) is 5.36. The van der Waals surface area contributed by atoms with E-state index in [1.54, 1.807) is 5.56 Å². The molecule has 0 unspecified atom stereocenters. The molecule has 1 heterocycles. The van der Waals surface area contributed by atoms with Gasteiger partial charge < -0.3 is 10.3 Å². The zero-order chi connectivity index (χ0) is 12.0. The number of benzene rings is 1. The lowest BCUT2D eigenvalue weighted by Crippen LogP contribution is -2.14. The van der Waals surface area contributed by atoms with Gasteiger partial charge in [0.1, 0.15) is 0 Å². The summed E-state index contributed by atoms with van der Waals surface area (Å²) < 4.78 is 2.32. The molecule has 0 atom stereocenters. The van der Waals surface area contributed by atoms with Crippen molar-refractivity contribution in [2.45, 2.75) is 31.6 Å². The van der Waals surface area contributed by atoms with Crippen LogP contribution in [0, 0.1) is 6.92 Å². The second kappa shape index (κ2) is 3.61. The highest BCUT2D eigenvalue weighted by Gasteiger charge is 2.46. The molecule has 2 aromatic rings. The lowest BCUT2D eigenvalue weighted by Gasteiger charge is -2.15. The third-order valence-electron chi connectivity index (χ3n) is 4.41. The number of hydrogen-bond donors (Lipinski definition) is 1. The number of nitrogens with zero attached hydrogens (tertiary/aromatic N) is 1.